The monoisotopic (exact) mass is 402 g/mol. The molecule has 3 aromatic heterocycles. The van der Waals surface area contributed by atoms with Gasteiger partial charge in [0.05, 0.1) is 6.10 Å². The highest BCUT2D eigenvalue weighted by Gasteiger charge is 2.29. The highest BCUT2D eigenvalue weighted by Crippen LogP contribution is 2.24. The van der Waals surface area contributed by atoms with Crippen LogP contribution < -0.4 is 11.1 Å². The fourth-order valence-electron chi connectivity index (χ4n) is 3.29. The topological polar surface area (TPSA) is 135 Å². The minimum absolute atomic E-state index is 0.0898. The molecule has 1 aromatic carbocycles. The maximum atomic E-state index is 12.3. The molecular formula is C20H18N8O2. The van der Waals surface area contributed by atoms with E-state index in [0.717, 1.165) is 16.8 Å². The summed E-state index contributed by atoms with van der Waals surface area (Å²) in [4.78, 5) is 26.6. The van der Waals surface area contributed by atoms with Gasteiger partial charge in [0.1, 0.15) is 0 Å². The number of anilines is 3. The Labute approximate surface area is 171 Å². The molecule has 1 aliphatic rings. The number of nitrogen functional groups attached to an aromatic ring is 1. The van der Waals surface area contributed by atoms with Crippen molar-refractivity contribution in [3.05, 3.63) is 60.6 Å². The second-order valence-electron chi connectivity index (χ2n) is 7.02. The van der Waals surface area contributed by atoms with E-state index in [2.05, 4.69) is 25.4 Å². The lowest BCUT2D eigenvalue weighted by Gasteiger charge is -2.35. The van der Waals surface area contributed by atoms with Crippen LogP contribution in [0.4, 0.5) is 17.6 Å². The molecule has 10 nitrogen and oxygen atoms in total. The molecule has 0 saturated carbocycles. The minimum Gasteiger partial charge on any atom is -0.389 e. The van der Waals surface area contributed by atoms with Gasteiger partial charge in [-0.2, -0.15) is 4.98 Å². The first-order chi connectivity index (χ1) is 14.6. The Hall–Kier alpha value is -4.05. The van der Waals surface area contributed by atoms with Crippen molar-refractivity contribution in [3.63, 3.8) is 0 Å². The molecule has 0 unspecified atom stereocenters. The predicted molar refractivity (Wildman–Crippen MR) is 110 cm³/mol. The molecule has 0 atom stereocenters. The number of fused-ring (bicyclic) bond motifs is 1. The largest absolute Gasteiger partial charge is 0.389 e. The lowest BCUT2D eigenvalue weighted by atomic mass is 10.1. The number of aliphatic hydroxyl groups excluding tert-OH is 1. The maximum Gasteiger partial charge on any atom is 0.254 e. The van der Waals surface area contributed by atoms with Gasteiger partial charge in [0.2, 0.25) is 11.9 Å². The standard InChI is InChI=1S/C20H18N8O2/c21-19-22-8-13(9-23-19)16-2-1-7-28-17(16)25-20(26-28)24-14-5-3-12(4-6-14)18(30)27-10-15(29)11-27/h1-9,15,29H,10-11H2,(H,24,26)(H2,21,22,23). The zero-order valence-electron chi connectivity index (χ0n) is 15.8. The molecule has 5 rings (SSSR count). The van der Waals surface area contributed by atoms with Crippen LogP contribution in [0.3, 0.4) is 0 Å². The Morgan fingerprint density at radius 2 is 1.87 bits per heavy atom. The lowest BCUT2D eigenvalue weighted by molar-refractivity contribution is 0.00590. The molecule has 0 radical (unpaired) electrons. The SMILES string of the molecule is Nc1ncc(-c2cccn3nc(Nc4ccc(C(=O)N5CC(O)C5)cc4)nc23)cn1. The van der Waals surface area contributed by atoms with Gasteiger partial charge in [-0.15, -0.1) is 5.10 Å². The van der Waals surface area contributed by atoms with Crippen molar-refractivity contribution in [2.45, 2.75) is 6.10 Å². The van der Waals surface area contributed by atoms with Gasteiger partial charge in [0.15, 0.2) is 5.65 Å². The number of carbonyl (C=O) groups is 1. The van der Waals surface area contributed by atoms with E-state index >= 15 is 0 Å². The molecule has 0 spiro atoms. The quantitative estimate of drug-likeness (QED) is 0.465. The van der Waals surface area contributed by atoms with Crippen molar-refractivity contribution in [2.75, 3.05) is 24.1 Å². The van der Waals surface area contributed by atoms with E-state index in [1.54, 1.807) is 52.3 Å². The zero-order valence-corrected chi connectivity index (χ0v) is 15.8. The summed E-state index contributed by atoms with van der Waals surface area (Å²) in [6, 6.07) is 10.8. The Bertz CT molecular complexity index is 1210. The molecule has 4 N–H and O–H groups in total. The summed E-state index contributed by atoms with van der Waals surface area (Å²) in [7, 11) is 0. The van der Waals surface area contributed by atoms with Gasteiger partial charge in [-0.3, -0.25) is 4.79 Å². The van der Waals surface area contributed by atoms with Crippen LogP contribution >= 0.6 is 0 Å². The van der Waals surface area contributed by atoms with Crippen molar-refractivity contribution in [1.82, 2.24) is 29.5 Å². The number of β-amino-alcohol motifs (C(OH)–C–C–N with tert-alkyl or cyclic N) is 1. The maximum absolute atomic E-state index is 12.3. The van der Waals surface area contributed by atoms with E-state index in [1.165, 1.54) is 0 Å². The number of amides is 1. The number of nitrogens with one attached hydrogen (secondary N) is 1. The molecule has 1 saturated heterocycles. The number of carbonyl (C=O) groups excluding carboxylic acids is 1. The molecule has 4 heterocycles. The van der Waals surface area contributed by atoms with Crippen LogP contribution in [0.25, 0.3) is 16.8 Å². The molecule has 0 bridgehead atoms. The number of hydrogen-bond acceptors (Lipinski definition) is 8. The summed E-state index contributed by atoms with van der Waals surface area (Å²) in [5.74, 6) is 0.540. The number of hydrogen-bond donors (Lipinski definition) is 3. The summed E-state index contributed by atoms with van der Waals surface area (Å²) in [5.41, 5.74) is 9.16. The number of nitrogens with zero attached hydrogens (tertiary/aromatic N) is 6. The molecule has 30 heavy (non-hydrogen) atoms. The van der Waals surface area contributed by atoms with E-state index < -0.39 is 6.10 Å². The third kappa shape index (κ3) is 3.29. The fraction of sp³-hybridized carbons (Fsp3) is 0.150. The third-order valence-corrected chi connectivity index (χ3v) is 4.88. The Balaban J connectivity index is 1.37. The van der Waals surface area contributed by atoms with Crippen LogP contribution in [0.2, 0.25) is 0 Å². The molecular weight excluding hydrogens is 384 g/mol. The number of aliphatic hydroxyl groups is 1. The molecule has 10 heteroatoms. The van der Waals surface area contributed by atoms with Crippen LogP contribution in [0.5, 0.6) is 0 Å². The zero-order chi connectivity index (χ0) is 20.7. The normalized spacial score (nSPS) is 14.0. The van der Waals surface area contributed by atoms with Crippen LogP contribution in [0.15, 0.2) is 55.0 Å². The number of likely N-dealkylation sites (tertiary alicyclic amines) is 1. The summed E-state index contributed by atoms with van der Waals surface area (Å²) in [6.07, 6.45) is 4.68. The van der Waals surface area contributed by atoms with Crippen LogP contribution in [0.1, 0.15) is 10.4 Å². The number of benzene rings is 1. The van der Waals surface area contributed by atoms with Crippen molar-refractivity contribution < 1.29 is 9.90 Å². The van der Waals surface area contributed by atoms with Crippen molar-refractivity contribution >= 4 is 29.1 Å². The van der Waals surface area contributed by atoms with Crippen LogP contribution in [-0.4, -0.2) is 59.7 Å². The first kappa shape index (κ1) is 18.0. The summed E-state index contributed by atoms with van der Waals surface area (Å²) in [6.45, 7) is 0.761. The summed E-state index contributed by atoms with van der Waals surface area (Å²) < 4.78 is 1.67. The predicted octanol–water partition coefficient (Wildman–Crippen LogP) is 1.33. The number of nitrogens with two attached hydrogens (primary N) is 1. The number of pyridine rings is 1. The van der Waals surface area contributed by atoms with Gasteiger partial charge in [-0.25, -0.2) is 14.5 Å². The molecule has 4 aromatic rings. The Kier molecular flexibility index (Phi) is 4.25. The van der Waals surface area contributed by atoms with Gasteiger partial charge in [-0.05, 0) is 36.4 Å². The third-order valence-electron chi connectivity index (χ3n) is 4.88. The summed E-state index contributed by atoms with van der Waals surface area (Å²) in [5, 5.41) is 17.0. The first-order valence-corrected chi connectivity index (χ1v) is 9.34. The minimum atomic E-state index is -0.416. The van der Waals surface area contributed by atoms with Crippen molar-refractivity contribution in [1.29, 1.82) is 0 Å². The van der Waals surface area contributed by atoms with Crippen molar-refractivity contribution in [3.8, 4) is 11.1 Å². The van der Waals surface area contributed by atoms with E-state index in [9.17, 15) is 9.90 Å². The second kappa shape index (κ2) is 7.08. The van der Waals surface area contributed by atoms with Gasteiger partial charge in [0.25, 0.3) is 5.91 Å². The second-order valence-corrected chi connectivity index (χ2v) is 7.02. The fourth-order valence-corrected chi connectivity index (χ4v) is 3.29. The first-order valence-electron chi connectivity index (χ1n) is 9.34. The van der Waals surface area contributed by atoms with Crippen LogP contribution in [-0.2, 0) is 0 Å². The molecule has 0 aliphatic carbocycles. The van der Waals surface area contributed by atoms with Gasteiger partial charge in [-0.1, -0.05) is 0 Å². The smallest absolute Gasteiger partial charge is 0.254 e. The number of rotatable bonds is 4. The highest BCUT2D eigenvalue weighted by molar-refractivity contribution is 5.95. The molecule has 150 valence electrons. The van der Waals surface area contributed by atoms with E-state index in [4.69, 9.17) is 5.73 Å². The van der Waals surface area contributed by atoms with E-state index in [1.807, 2.05) is 12.1 Å². The molecule has 1 aliphatic heterocycles. The highest BCUT2D eigenvalue weighted by atomic mass is 16.3. The van der Waals surface area contributed by atoms with Gasteiger partial charge in [0, 0.05) is 54.1 Å². The average Bonchev–Trinajstić information content (AvgIpc) is 3.14. The number of aromatic nitrogens is 5. The Morgan fingerprint density at radius 1 is 1.13 bits per heavy atom. The van der Waals surface area contributed by atoms with Crippen LogP contribution in [0, 0.1) is 0 Å². The Morgan fingerprint density at radius 3 is 2.57 bits per heavy atom. The van der Waals surface area contributed by atoms with E-state index in [-0.39, 0.29) is 11.9 Å². The average molecular weight is 402 g/mol. The van der Waals surface area contributed by atoms with Gasteiger partial charge >= 0.3 is 0 Å². The van der Waals surface area contributed by atoms with E-state index in [0.29, 0.717) is 30.2 Å². The summed E-state index contributed by atoms with van der Waals surface area (Å²) >= 11 is 0. The van der Waals surface area contributed by atoms with Gasteiger partial charge < -0.3 is 21.1 Å². The molecule has 1 fully saturated rings. The molecule has 1 amide bonds. The lowest BCUT2D eigenvalue weighted by Crippen LogP contribution is -2.53. The van der Waals surface area contributed by atoms with Crippen molar-refractivity contribution in [2.24, 2.45) is 0 Å².